The van der Waals surface area contributed by atoms with Crippen molar-refractivity contribution in [2.75, 3.05) is 5.32 Å². The molecule has 106 valence electrons. The molecule has 2 rings (SSSR count). The Morgan fingerprint density at radius 1 is 1.40 bits per heavy atom. The van der Waals surface area contributed by atoms with E-state index in [2.05, 4.69) is 10.3 Å². The van der Waals surface area contributed by atoms with Crippen molar-refractivity contribution in [2.24, 2.45) is 0 Å². The number of benzene rings is 1. The minimum atomic E-state index is -0.804. The summed E-state index contributed by atoms with van der Waals surface area (Å²) in [5, 5.41) is 22.0. The standard InChI is InChI=1S/C14H16N2O3S/c1-8-7-10(17)3-4-11(8)16-14-15-9(2)12(20-14)5-6-13(18)19/h3-4,7,17H,5-6H2,1-2H3,(H,15,16)(H,18,19). The summed E-state index contributed by atoms with van der Waals surface area (Å²) in [6, 6.07) is 5.08. The summed E-state index contributed by atoms with van der Waals surface area (Å²) >= 11 is 1.46. The van der Waals surface area contributed by atoms with Gasteiger partial charge in [-0.1, -0.05) is 0 Å². The first-order valence-corrected chi connectivity index (χ1v) is 7.02. The summed E-state index contributed by atoms with van der Waals surface area (Å²) < 4.78 is 0. The van der Waals surface area contributed by atoms with Crippen LogP contribution in [0.1, 0.15) is 22.6 Å². The lowest BCUT2D eigenvalue weighted by molar-refractivity contribution is -0.136. The number of phenols is 1. The van der Waals surface area contributed by atoms with Gasteiger partial charge in [0.25, 0.3) is 0 Å². The fraction of sp³-hybridized carbons (Fsp3) is 0.286. The van der Waals surface area contributed by atoms with E-state index in [1.807, 2.05) is 13.8 Å². The maximum Gasteiger partial charge on any atom is 0.303 e. The molecular weight excluding hydrogens is 276 g/mol. The predicted molar refractivity (Wildman–Crippen MR) is 78.9 cm³/mol. The van der Waals surface area contributed by atoms with Crippen LogP contribution >= 0.6 is 11.3 Å². The third-order valence-electron chi connectivity index (χ3n) is 2.91. The zero-order chi connectivity index (χ0) is 14.7. The number of carboxylic acid groups (broad SMARTS) is 1. The van der Waals surface area contributed by atoms with Gasteiger partial charge in [0.1, 0.15) is 5.75 Å². The summed E-state index contributed by atoms with van der Waals surface area (Å²) in [6.45, 7) is 3.77. The van der Waals surface area contributed by atoms with Crippen molar-refractivity contribution in [2.45, 2.75) is 26.7 Å². The highest BCUT2D eigenvalue weighted by Gasteiger charge is 2.10. The Balaban J connectivity index is 2.13. The average Bonchev–Trinajstić information content (AvgIpc) is 2.71. The van der Waals surface area contributed by atoms with Crippen molar-refractivity contribution in [1.82, 2.24) is 4.98 Å². The number of nitrogens with one attached hydrogen (secondary N) is 1. The molecule has 0 saturated heterocycles. The first-order chi connectivity index (χ1) is 9.45. The van der Waals surface area contributed by atoms with Crippen LogP contribution in [0.25, 0.3) is 0 Å². The summed E-state index contributed by atoms with van der Waals surface area (Å²) in [7, 11) is 0. The largest absolute Gasteiger partial charge is 0.508 e. The van der Waals surface area contributed by atoms with E-state index in [0.29, 0.717) is 6.42 Å². The Morgan fingerprint density at radius 2 is 2.15 bits per heavy atom. The highest BCUT2D eigenvalue weighted by atomic mass is 32.1. The quantitative estimate of drug-likeness (QED) is 0.737. The molecule has 1 heterocycles. The van der Waals surface area contributed by atoms with E-state index in [1.54, 1.807) is 18.2 Å². The van der Waals surface area contributed by atoms with Crippen molar-refractivity contribution in [1.29, 1.82) is 0 Å². The van der Waals surface area contributed by atoms with Gasteiger partial charge in [0, 0.05) is 10.6 Å². The van der Waals surface area contributed by atoms with Gasteiger partial charge < -0.3 is 15.5 Å². The van der Waals surface area contributed by atoms with E-state index in [1.165, 1.54) is 11.3 Å². The third-order valence-corrected chi connectivity index (χ3v) is 4.04. The van der Waals surface area contributed by atoms with Crippen molar-refractivity contribution in [3.63, 3.8) is 0 Å². The Kier molecular flexibility index (Phi) is 4.24. The second-order valence-electron chi connectivity index (χ2n) is 4.55. The number of phenolic OH excluding ortho intramolecular Hbond substituents is 1. The van der Waals surface area contributed by atoms with Gasteiger partial charge >= 0.3 is 5.97 Å². The predicted octanol–water partition coefficient (Wildman–Crippen LogP) is 3.23. The highest BCUT2D eigenvalue weighted by Crippen LogP contribution is 2.29. The van der Waals surface area contributed by atoms with Crippen LogP contribution in [0.5, 0.6) is 5.75 Å². The number of aryl methyl sites for hydroxylation is 3. The van der Waals surface area contributed by atoms with Crippen molar-refractivity contribution in [3.8, 4) is 5.75 Å². The number of aromatic nitrogens is 1. The van der Waals surface area contributed by atoms with Gasteiger partial charge in [-0.2, -0.15) is 0 Å². The maximum absolute atomic E-state index is 10.6. The van der Waals surface area contributed by atoms with Crippen LogP contribution in [0.3, 0.4) is 0 Å². The minimum absolute atomic E-state index is 0.112. The molecule has 0 atom stereocenters. The molecule has 0 bridgehead atoms. The maximum atomic E-state index is 10.6. The van der Waals surface area contributed by atoms with Crippen LogP contribution < -0.4 is 5.32 Å². The molecule has 5 nitrogen and oxygen atoms in total. The normalized spacial score (nSPS) is 10.5. The van der Waals surface area contributed by atoms with Crippen molar-refractivity contribution >= 4 is 28.1 Å². The summed E-state index contributed by atoms with van der Waals surface area (Å²) in [5.41, 5.74) is 2.65. The van der Waals surface area contributed by atoms with E-state index in [9.17, 15) is 9.90 Å². The molecule has 0 aliphatic rings. The molecule has 0 unspecified atom stereocenters. The zero-order valence-corrected chi connectivity index (χ0v) is 12.1. The van der Waals surface area contributed by atoms with Gasteiger partial charge in [0.2, 0.25) is 0 Å². The van der Waals surface area contributed by atoms with Crippen LogP contribution in [0, 0.1) is 13.8 Å². The second kappa shape index (κ2) is 5.92. The van der Waals surface area contributed by atoms with Crippen LogP contribution in [0.4, 0.5) is 10.8 Å². The van der Waals surface area contributed by atoms with Gasteiger partial charge in [-0.25, -0.2) is 4.98 Å². The Labute approximate surface area is 120 Å². The molecule has 0 amide bonds. The SMILES string of the molecule is Cc1cc(O)ccc1Nc1nc(C)c(CCC(=O)O)s1. The van der Waals surface area contributed by atoms with E-state index in [4.69, 9.17) is 5.11 Å². The lowest BCUT2D eigenvalue weighted by Gasteiger charge is -2.06. The number of nitrogens with zero attached hydrogens (tertiary/aromatic N) is 1. The molecule has 0 spiro atoms. The second-order valence-corrected chi connectivity index (χ2v) is 5.63. The number of anilines is 2. The summed E-state index contributed by atoms with van der Waals surface area (Å²) in [6.07, 6.45) is 0.607. The van der Waals surface area contributed by atoms with E-state index in [-0.39, 0.29) is 12.2 Å². The summed E-state index contributed by atoms with van der Waals surface area (Å²) in [5.74, 6) is -0.577. The first-order valence-electron chi connectivity index (χ1n) is 6.20. The Morgan fingerprint density at radius 3 is 2.80 bits per heavy atom. The number of aliphatic carboxylic acids is 1. The van der Waals surface area contributed by atoms with Crippen LogP contribution in [0.2, 0.25) is 0 Å². The molecule has 1 aromatic heterocycles. The van der Waals surface area contributed by atoms with Gasteiger partial charge in [-0.3, -0.25) is 4.79 Å². The van der Waals surface area contributed by atoms with Crippen molar-refractivity contribution in [3.05, 3.63) is 34.3 Å². The average molecular weight is 292 g/mol. The first kappa shape index (κ1) is 14.3. The number of hydrogen-bond acceptors (Lipinski definition) is 5. The molecular formula is C14H16N2O3S. The topological polar surface area (TPSA) is 82.5 Å². The monoisotopic (exact) mass is 292 g/mol. The molecule has 3 N–H and O–H groups in total. The lowest BCUT2D eigenvalue weighted by atomic mass is 10.2. The third kappa shape index (κ3) is 3.48. The fourth-order valence-electron chi connectivity index (χ4n) is 1.84. The van der Waals surface area contributed by atoms with Crippen LogP contribution in [-0.2, 0) is 11.2 Å². The van der Waals surface area contributed by atoms with Gasteiger partial charge in [-0.15, -0.1) is 11.3 Å². The molecule has 2 aromatic rings. The van der Waals surface area contributed by atoms with Gasteiger partial charge in [-0.05, 0) is 44.0 Å². The number of carbonyl (C=O) groups is 1. The van der Waals surface area contributed by atoms with Gasteiger partial charge in [0.15, 0.2) is 5.13 Å². The highest BCUT2D eigenvalue weighted by molar-refractivity contribution is 7.15. The molecule has 20 heavy (non-hydrogen) atoms. The van der Waals surface area contributed by atoms with Gasteiger partial charge in [0.05, 0.1) is 12.1 Å². The zero-order valence-electron chi connectivity index (χ0n) is 11.3. The number of rotatable bonds is 5. The van der Waals surface area contributed by atoms with Crippen LogP contribution in [0.15, 0.2) is 18.2 Å². The Hall–Kier alpha value is -2.08. The van der Waals surface area contributed by atoms with Crippen molar-refractivity contribution < 1.29 is 15.0 Å². The molecule has 0 radical (unpaired) electrons. The molecule has 0 fully saturated rings. The number of carboxylic acids is 1. The molecule has 6 heteroatoms. The van der Waals surface area contributed by atoms with E-state index >= 15 is 0 Å². The van der Waals surface area contributed by atoms with E-state index < -0.39 is 5.97 Å². The van der Waals surface area contributed by atoms with E-state index in [0.717, 1.165) is 27.0 Å². The molecule has 0 aliphatic heterocycles. The van der Waals surface area contributed by atoms with Crippen LogP contribution in [-0.4, -0.2) is 21.2 Å². The Bertz CT molecular complexity index is 637. The summed E-state index contributed by atoms with van der Waals surface area (Å²) in [4.78, 5) is 16.0. The molecule has 1 aromatic carbocycles. The number of aromatic hydroxyl groups is 1. The minimum Gasteiger partial charge on any atom is -0.508 e. The molecule has 0 saturated carbocycles. The molecule has 0 aliphatic carbocycles. The lowest BCUT2D eigenvalue weighted by Crippen LogP contribution is -1.96. The fourth-order valence-corrected chi connectivity index (χ4v) is 2.81. The number of thiazole rings is 1. The number of hydrogen-bond donors (Lipinski definition) is 3. The smallest absolute Gasteiger partial charge is 0.303 e.